The van der Waals surface area contributed by atoms with Crippen molar-refractivity contribution >= 4 is 32.4 Å². The van der Waals surface area contributed by atoms with Crippen LogP contribution in [-0.2, 0) is 4.84 Å². The van der Waals surface area contributed by atoms with Gasteiger partial charge in [-0.15, -0.1) is 0 Å². The maximum atomic E-state index is 5.32. The van der Waals surface area contributed by atoms with E-state index in [2.05, 4.69) is 63.6 Å². The molecule has 0 N–H and O–H groups in total. The maximum absolute atomic E-state index is 5.32. The normalized spacial score (nSPS) is 19.1. The molecule has 0 aromatic heterocycles. The van der Waals surface area contributed by atoms with Crippen molar-refractivity contribution in [1.82, 2.24) is 0 Å². The van der Waals surface area contributed by atoms with E-state index >= 15 is 0 Å². The highest BCUT2D eigenvalue weighted by molar-refractivity contribution is 9.09. The monoisotopic (exact) mass is 289 g/mol. The maximum Gasteiger partial charge on any atom is 0.142 e. The summed E-state index contributed by atoms with van der Waals surface area (Å²) < 4.78 is 0. The molecule has 3 rings (SSSR count). The molecule has 1 atom stereocenters. The van der Waals surface area contributed by atoms with Crippen molar-refractivity contribution < 1.29 is 4.84 Å². The molecule has 0 saturated carbocycles. The first-order valence-electron chi connectivity index (χ1n) is 5.64. The SMILES string of the molecule is BrCC1CC(c2ccc3ccccc3c2)=NO1. The number of benzene rings is 2. The molecule has 0 bridgehead atoms. The zero-order valence-corrected chi connectivity index (χ0v) is 10.9. The molecule has 1 aliphatic heterocycles. The van der Waals surface area contributed by atoms with Crippen molar-refractivity contribution in [3.8, 4) is 0 Å². The van der Waals surface area contributed by atoms with E-state index in [1.165, 1.54) is 10.8 Å². The van der Waals surface area contributed by atoms with Gasteiger partial charge in [0.2, 0.25) is 0 Å². The van der Waals surface area contributed by atoms with Gasteiger partial charge in [0.25, 0.3) is 0 Å². The van der Waals surface area contributed by atoms with Crippen molar-refractivity contribution in [3.63, 3.8) is 0 Å². The molecule has 17 heavy (non-hydrogen) atoms. The van der Waals surface area contributed by atoms with Crippen LogP contribution >= 0.6 is 15.9 Å². The smallest absolute Gasteiger partial charge is 0.142 e. The van der Waals surface area contributed by atoms with E-state index in [4.69, 9.17) is 4.84 Å². The first kappa shape index (κ1) is 10.8. The lowest BCUT2D eigenvalue weighted by molar-refractivity contribution is 0.104. The highest BCUT2D eigenvalue weighted by Crippen LogP contribution is 2.21. The van der Waals surface area contributed by atoms with Gasteiger partial charge < -0.3 is 4.84 Å². The minimum absolute atomic E-state index is 0.177. The third-order valence-electron chi connectivity index (χ3n) is 2.99. The van der Waals surface area contributed by atoms with E-state index in [9.17, 15) is 0 Å². The lowest BCUT2D eigenvalue weighted by Gasteiger charge is -2.03. The molecule has 2 nitrogen and oxygen atoms in total. The summed E-state index contributed by atoms with van der Waals surface area (Å²) in [6, 6.07) is 14.8. The van der Waals surface area contributed by atoms with Crippen molar-refractivity contribution in [2.24, 2.45) is 5.16 Å². The third-order valence-corrected chi connectivity index (χ3v) is 3.71. The molecule has 2 aromatic carbocycles. The number of hydrogen-bond acceptors (Lipinski definition) is 2. The van der Waals surface area contributed by atoms with E-state index < -0.39 is 0 Å². The zero-order chi connectivity index (χ0) is 11.7. The summed E-state index contributed by atoms with van der Waals surface area (Å²) in [5, 5.41) is 7.48. The molecule has 0 aliphatic carbocycles. The van der Waals surface area contributed by atoms with Crippen LogP contribution in [0, 0.1) is 0 Å². The van der Waals surface area contributed by atoms with Crippen LogP contribution < -0.4 is 0 Å². The number of oxime groups is 1. The van der Waals surface area contributed by atoms with Gasteiger partial charge in [0.1, 0.15) is 6.10 Å². The second kappa shape index (κ2) is 4.49. The first-order chi connectivity index (χ1) is 8.36. The van der Waals surface area contributed by atoms with Crippen LogP contribution in [0.4, 0.5) is 0 Å². The van der Waals surface area contributed by atoms with Crippen LogP contribution in [0.15, 0.2) is 47.6 Å². The molecule has 0 spiro atoms. The summed E-state index contributed by atoms with van der Waals surface area (Å²) >= 11 is 3.42. The number of halogens is 1. The zero-order valence-electron chi connectivity index (χ0n) is 9.27. The van der Waals surface area contributed by atoms with Gasteiger partial charge in [0, 0.05) is 17.3 Å². The molecule has 0 amide bonds. The quantitative estimate of drug-likeness (QED) is 0.772. The van der Waals surface area contributed by atoms with Gasteiger partial charge in [0.15, 0.2) is 0 Å². The van der Waals surface area contributed by atoms with Crippen LogP contribution in [0.25, 0.3) is 10.8 Å². The van der Waals surface area contributed by atoms with Crippen molar-refractivity contribution in [3.05, 3.63) is 48.0 Å². The predicted octanol–water partition coefficient (Wildman–Crippen LogP) is 3.73. The molecule has 1 aliphatic rings. The molecule has 0 saturated heterocycles. The first-order valence-corrected chi connectivity index (χ1v) is 6.77. The fourth-order valence-electron chi connectivity index (χ4n) is 2.05. The van der Waals surface area contributed by atoms with Crippen molar-refractivity contribution in [1.29, 1.82) is 0 Å². The minimum Gasteiger partial charge on any atom is -0.391 e. The molecule has 1 unspecified atom stereocenters. The summed E-state index contributed by atoms with van der Waals surface area (Å²) in [7, 11) is 0. The van der Waals surface area contributed by atoms with Gasteiger partial charge in [-0.25, -0.2) is 0 Å². The number of nitrogens with zero attached hydrogens (tertiary/aromatic N) is 1. The van der Waals surface area contributed by atoms with Crippen LogP contribution in [0.3, 0.4) is 0 Å². The Morgan fingerprint density at radius 1 is 1.18 bits per heavy atom. The van der Waals surface area contributed by atoms with Crippen LogP contribution in [0.1, 0.15) is 12.0 Å². The Morgan fingerprint density at radius 2 is 2.00 bits per heavy atom. The summed E-state index contributed by atoms with van der Waals surface area (Å²) in [6.07, 6.45) is 1.06. The molecule has 0 fully saturated rings. The Kier molecular flexibility index (Phi) is 2.85. The highest BCUT2D eigenvalue weighted by Gasteiger charge is 2.20. The second-order valence-corrected chi connectivity index (χ2v) is 4.83. The van der Waals surface area contributed by atoms with E-state index in [0.29, 0.717) is 0 Å². The van der Waals surface area contributed by atoms with Crippen molar-refractivity contribution in [2.75, 3.05) is 5.33 Å². The van der Waals surface area contributed by atoms with E-state index in [-0.39, 0.29) is 6.10 Å². The number of hydrogen-bond donors (Lipinski definition) is 0. The second-order valence-electron chi connectivity index (χ2n) is 4.19. The lowest BCUT2D eigenvalue weighted by Crippen LogP contribution is -2.09. The summed E-state index contributed by atoms with van der Waals surface area (Å²) in [4.78, 5) is 5.32. The lowest BCUT2D eigenvalue weighted by atomic mass is 10.0. The molecule has 2 aromatic rings. The highest BCUT2D eigenvalue weighted by atomic mass is 79.9. The van der Waals surface area contributed by atoms with Crippen LogP contribution in [0.2, 0.25) is 0 Å². The Labute approximate surface area is 108 Å². The van der Waals surface area contributed by atoms with E-state index in [1.807, 2.05) is 0 Å². The number of alkyl halides is 1. The molecule has 3 heteroatoms. The van der Waals surface area contributed by atoms with Gasteiger partial charge in [-0.1, -0.05) is 57.5 Å². The minimum atomic E-state index is 0.177. The fourth-order valence-corrected chi connectivity index (χ4v) is 2.40. The van der Waals surface area contributed by atoms with E-state index in [1.54, 1.807) is 0 Å². The molecule has 86 valence electrons. The topological polar surface area (TPSA) is 21.6 Å². The Balaban J connectivity index is 1.96. The Hall–Kier alpha value is -1.35. The molecule has 1 heterocycles. The van der Waals surface area contributed by atoms with Crippen LogP contribution in [0.5, 0.6) is 0 Å². The van der Waals surface area contributed by atoms with Gasteiger partial charge in [-0.2, -0.15) is 0 Å². The summed E-state index contributed by atoms with van der Waals surface area (Å²) in [5.41, 5.74) is 2.20. The number of fused-ring (bicyclic) bond motifs is 1. The van der Waals surface area contributed by atoms with Gasteiger partial charge in [-0.05, 0) is 16.8 Å². The predicted molar refractivity (Wildman–Crippen MR) is 73.8 cm³/mol. The third kappa shape index (κ3) is 2.07. The van der Waals surface area contributed by atoms with Gasteiger partial charge in [-0.3, -0.25) is 0 Å². The fraction of sp³-hybridized carbons (Fsp3) is 0.214. The van der Waals surface area contributed by atoms with Gasteiger partial charge >= 0.3 is 0 Å². The summed E-state index contributed by atoms with van der Waals surface area (Å²) in [5.74, 6) is 0. The molecular formula is C14H12BrNO. The average Bonchev–Trinajstić information content (AvgIpc) is 2.87. The Bertz CT molecular complexity index is 579. The Morgan fingerprint density at radius 3 is 2.76 bits per heavy atom. The standard InChI is InChI=1S/C14H12BrNO/c15-9-13-8-14(16-17-13)12-6-5-10-3-1-2-4-11(10)7-12/h1-7,13H,8-9H2. The van der Waals surface area contributed by atoms with Crippen molar-refractivity contribution in [2.45, 2.75) is 12.5 Å². The summed E-state index contributed by atoms with van der Waals surface area (Å²) in [6.45, 7) is 0. The number of rotatable bonds is 2. The van der Waals surface area contributed by atoms with Crippen LogP contribution in [-0.4, -0.2) is 17.1 Å². The van der Waals surface area contributed by atoms with E-state index in [0.717, 1.165) is 23.0 Å². The molecule has 0 radical (unpaired) electrons. The molecular weight excluding hydrogens is 278 g/mol. The largest absolute Gasteiger partial charge is 0.391 e. The van der Waals surface area contributed by atoms with Gasteiger partial charge in [0.05, 0.1) is 5.71 Å². The average molecular weight is 290 g/mol.